The molecule has 2 aliphatic rings. The summed E-state index contributed by atoms with van der Waals surface area (Å²) in [5.74, 6) is 0.479. The van der Waals surface area contributed by atoms with E-state index in [0.717, 1.165) is 30.8 Å². The number of nitrogens with zero attached hydrogens (tertiary/aromatic N) is 2. The molecule has 34 heavy (non-hydrogen) atoms. The number of anilines is 2. The first-order chi connectivity index (χ1) is 16.6. The summed E-state index contributed by atoms with van der Waals surface area (Å²) in [6.07, 6.45) is 1.45. The molecule has 0 saturated carbocycles. The van der Waals surface area contributed by atoms with Crippen LogP contribution in [0.25, 0.3) is 0 Å². The molecule has 2 heterocycles. The highest BCUT2D eigenvalue weighted by molar-refractivity contribution is 5.82. The van der Waals surface area contributed by atoms with Crippen molar-refractivity contribution in [2.45, 2.75) is 18.9 Å². The summed E-state index contributed by atoms with van der Waals surface area (Å²) in [7, 11) is 1.65. The average Bonchev–Trinajstić information content (AvgIpc) is 2.88. The Morgan fingerprint density at radius 2 is 1.74 bits per heavy atom. The molecule has 0 aliphatic carbocycles. The predicted molar refractivity (Wildman–Crippen MR) is 133 cm³/mol. The Morgan fingerprint density at radius 1 is 1.00 bits per heavy atom. The zero-order valence-electron chi connectivity index (χ0n) is 19.4. The summed E-state index contributed by atoms with van der Waals surface area (Å²) >= 11 is 0. The molecule has 3 aromatic carbocycles. The van der Waals surface area contributed by atoms with Gasteiger partial charge in [0.25, 0.3) is 0 Å². The van der Waals surface area contributed by atoms with E-state index in [1.54, 1.807) is 13.2 Å². The Bertz CT molecular complexity index is 1150. The van der Waals surface area contributed by atoms with Gasteiger partial charge in [0.1, 0.15) is 11.6 Å². The van der Waals surface area contributed by atoms with Crippen LogP contribution in [-0.2, 0) is 17.6 Å². The van der Waals surface area contributed by atoms with Gasteiger partial charge in [0.15, 0.2) is 0 Å². The fraction of sp³-hybridized carbons (Fsp3) is 0.321. The van der Waals surface area contributed by atoms with Crippen LogP contribution in [0, 0.1) is 11.7 Å². The van der Waals surface area contributed by atoms with E-state index in [2.05, 4.69) is 27.2 Å². The molecule has 1 saturated heterocycles. The average molecular weight is 460 g/mol. The molecule has 5 nitrogen and oxygen atoms in total. The van der Waals surface area contributed by atoms with Crippen molar-refractivity contribution in [2.75, 3.05) is 43.1 Å². The maximum absolute atomic E-state index is 14.5. The molecule has 0 radical (unpaired) electrons. The lowest BCUT2D eigenvalue weighted by atomic mass is 9.83. The Morgan fingerprint density at radius 3 is 2.50 bits per heavy atom. The van der Waals surface area contributed by atoms with Gasteiger partial charge in [0, 0.05) is 31.9 Å². The van der Waals surface area contributed by atoms with E-state index in [9.17, 15) is 9.18 Å². The number of hydrogen-bond donors (Lipinski definition) is 1. The van der Waals surface area contributed by atoms with E-state index < -0.39 is 0 Å². The minimum absolute atomic E-state index is 0.00996. The first-order valence-electron chi connectivity index (χ1n) is 11.9. The van der Waals surface area contributed by atoms with E-state index in [-0.39, 0.29) is 23.7 Å². The number of rotatable bonds is 6. The Labute approximate surface area is 200 Å². The molecule has 1 N–H and O–H groups in total. The molecular formula is C28H30FN3O2. The van der Waals surface area contributed by atoms with Gasteiger partial charge in [-0.2, -0.15) is 0 Å². The van der Waals surface area contributed by atoms with Gasteiger partial charge in [-0.1, -0.05) is 42.5 Å². The topological polar surface area (TPSA) is 44.8 Å². The Hall–Kier alpha value is -3.54. The van der Waals surface area contributed by atoms with Gasteiger partial charge in [-0.25, -0.2) is 4.39 Å². The number of piperazine rings is 1. The van der Waals surface area contributed by atoms with Gasteiger partial charge in [0.2, 0.25) is 5.91 Å². The number of nitrogens with one attached hydrogen (secondary N) is 1. The van der Waals surface area contributed by atoms with Crippen molar-refractivity contribution < 1.29 is 13.9 Å². The summed E-state index contributed by atoms with van der Waals surface area (Å²) in [4.78, 5) is 17.8. The fourth-order valence-corrected chi connectivity index (χ4v) is 5.24. The Balaban J connectivity index is 1.32. The molecule has 5 rings (SSSR count). The van der Waals surface area contributed by atoms with E-state index in [1.807, 2.05) is 48.5 Å². The lowest BCUT2D eigenvalue weighted by Gasteiger charge is -2.49. The fourth-order valence-electron chi connectivity index (χ4n) is 5.24. The smallest absolute Gasteiger partial charge is 0.225 e. The summed E-state index contributed by atoms with van der Waals surface area (Å²) < 4.78 is 19.7. The molecule has 2 unspecified atom stereocenters. The number of para-hydroxylation sites is 2. The van der Waals surface area contributed by atoms with Crippen molar-refractivity contribution in [3.63, 3.8) is 0 Å². The summed E-state index contributed by atoms with van der Waals surface area (Å²) in [6.45, 7) is 2.67. The third-order valence-corrected chi connectivity index (χ3v) is 7.03. The quantitative estimate of drug-likeness (QED) is 0.604. The number of halogens is 1. The second-order valence-electron chi connectivity index (χ2n) is 8.99. The summed E-state index contributed by atoms with van der Waals surface area (Å²) in [5, 5.41) is 3.17. The third kappa shape index (κ3) is 4.45. The normalized spacial score (nSPS) is 19.2. The molecule has 0 spiro atoms. The molecule has 0 aromatic heterocycles. The highest BCUT2D eigenvalue weighted by atomic mass is 19.1. The van der Waals surface area contributed by atoms with Crippen molar-refractivity contribution in [3.8, 4) is 5.75 Å². The van der Waals surface area contributed by atoms with Crippen LogP contribution in [-0.4, -0.2) is 45.2 Å². The molecule has 0 bridgehead atoms. The van der Waals surface area contributed by atoms with Crippen LogP contribution >= 0.6 is 0 Å². The van der Waals surface area contributed by atoms with Gasteiger partial charge in [-0.3, -0.25) is 4.79 Å². The Kier molecular flexibility index (Phi) is 6.39. The number of benzene rings is 3. The predicted octanol–water partition coefficient (Wildman–Crippen LogP) is 4.06. The largest absolute Gasteiger partial charge is 0.497 e. The second-order valence-corrected chi connectivity index (χ2v) is 8.99. The minimum atomic E-state index is -0.215. The highest BCUT2D eigenvalue weighted by Gasteiger charge is 2.41. The van der Waals surface area contributed by atoms with Crippen LogP contribution in [0.3, 0.4) is 0 Å². The number of amides is 1. The molecule has 2 aliphatic heterocycles. The van der Waals surface area contributed by atoms with Crippen LogP contribution in [0.4, 0.5) is 15.8 Å². The van der Waals surface area contributed by atoms with Crippen LogP contribution < -0.4 is 19.9 Å². The summed E-state index contributed by atoms with van der Waals surface area (Å²) in [5.41, 5.74) is 4.16. The molecule has 176 valence electrons. The molecule has 1 fully saturated rings. The molecule has 1 amide bonds. The number of ether oxygens (including phenoxy) is 1. The minimum Gasteiger partial charge on any atom is -0.497 e. The highest BCUT2D eigenvalue weighted by Crippen LogP contribution is 2.37. The second kappa shape index (κ2) is 9.75. The third-order valence-electron chi connectivity index (χ3n) is 7.03. The molecule has 3 aromatic rings. The van der Waals surface area contributed by atoms with Crippen LogP contribution in [0.2, 0.25) is 0 Å². The number of fused-ring (bicyclic) bond motifs is 3. The van der Waals surface area contributed by atoms with Crippen molar-refractivity contribution in [2.24, 2.45) is 5.92 Å². The molecule has 6 heteroatoms. The number of carbonyl (C=O) groups excluding carboxylic acids is 1. The van der Waals surface area contributed by atoms with E-state index in [1.165, 1.54) is 17.3 Å². The first-order valence-corrected chi connectivity index (χ1v) is 11.9. The standard InChI is InChI=1S/C28H30FN3O2/c1-34-22-12-10-20(11-13-22)14-15-30-28(33)23-18-21-6-2-4-8-25(21)32-17-16-31(19-27(23)32)26-9-5-3-7-24(26)29/h2-13,23,27H,14-19H2,1H3,(H,30,33). The van der Waals surface area contributed by atoms with Crippen molar-refractivity contribution >= 4 is 17.3 Å². The van der Waals surface area contributed by atoms with Gasteiger partial charge in [-0.05, 0) is 54.3 Å². The van der Waals surface area contributed by atoms with Gasteiger partial charge in [-0.15, -0.1) is 0 Å². The lowest BCUT2D eigenvalue weighted by Crippen LogP contribution is -2.61. The number of hydrogen-bond acceptors (Lipinski definition) is 4. The first kappa shape index (κ1) is 22.3. The van der Waals surface area contributed by atoms with Gasteiger partial charge in [0.05, 0.1) is 24.8 Å². The monoisotopic (exact) mass is 459 g/mol. The van der Waals surface area contributed by atoms with Crippen molar-refractivity contribution in [1.29, 1.82) is 0 Å². The van der Waals surface area contributed by atoms with E-state index in [0.29, 0.717) is 25.2 Å². The van der Waals surface area contributed by atoms with Crippen LogP contribution in [0.15, 0.2) is 72.8 Å². The number of carbonyl (C=O) groups is 1. The summed E-state index contributed by atoms with van der Waals surface area (Å²) in [6, 6.07) is 23.2. The maximum atomic E-state index is 14.5. The van der Waals surface area contributed by atoms with Crippen LogP contribution in [0.5, 0.6) is 5.75 Å². The molecule has 2 atom stereocenters. The maximum Gasteiger partial charge on any atom is 0.225 e. The van der Waals surface area contributed by atoms with E-state index >= 15 is 0 Å². The van der Waals surface area contributed by atoms with Gasteiger partial charge >= 0.3 is 0 Å². The lowest BCUT2D eigenvalue weighted by molar-refractivity contribution is -0.125. The zero-order chi connectivity index (χ0) is 23.5. The zero-order valence-corrected chi connectivity index (χ0v) is 19.4. The number of methoxy groups -OCH3 is 1. The SMILES string of the molecule is COc1ccc(CCNC(=O)C2Cc3ccccc3N3CCN(c4ccccc4F)CC23)cc1. The van der Waals surface area contributed by atoms with E-state index in [4.69, 9.17) is 4.74 Å². The molecular weight excluding hydrogens is 429 g/mol. The van der Waals surface area contributed by atoms with Gasteiger partial charge < -0.3 is 19.9 Å². The van der Waals surface area contributed by atoms with Crippen LogP contribution in [0.1, 0.15) is 11.1 Å². The van der Waals surface area contributed by atoms with Crippen molar-refractivity contribution in [1.82, 2.24) is 5.32 Å². The van der Waals surface area contributed by atoms with Crippen molar-refractivity contribution in [3.05, 3.63) is 89.7 Å².